The van der Waals surface area contributed by atoms with Crippen LogP contribution in [0.25, 0.3) is 0 Å². The van der Waals surface area contributed by atoms with Crippen molar-refractivity contribution in [3.8, 4) is 0 Å². The van der Waals surface area contributed by atoms with Crippen LogP contribution in [0.2, 0.25) is 0 Å². The first-order valence-electron chi connectivity index (χ1n) is 5.85. The molecule has 0 radical (unpaired) electrons. The summed E-state index contributed by atoms with van der Waals surface area (Å²) in [6.45, 7) is 11.1. The van der Waals surface area contributed by atoms with Gasteiger partial charge in [-0.05, 0) is 47.6 Å². The van der Waals surface area contributed by atoms with Crippen LogP contribution in [0.15, 0.2) is 12.3 Å². The van der Waals surface area contributed by atoms with E-state index < -0.39 is 23.6 Å². The van der Waals surface area contributed by atoms with Crippen LogP contribution in [0.1, 0.15) is 41.5 Å². The highest BCUT2D eigenvalue weighted by Gasteiger charge is 2.31. The lowest BCUT2D eigenvalue weighted by Gasteiger charge is -2.26. The van der Waals surface area contributed by atoms with Crippen molar-refractivity contribution in [2.24, 2.45) is 0 Å². The van der Waals surface area contributed by atoms with Gasteiger partial charge in [0, 0.05) is 0 Å². The summed E-state index contributed by atoms with van der Waals surface area (Å²) in [5.41, 5.74) is -0.932. The van der Waals surface area contributed by atoms with E-state index in [1.54, 1.807) is 6.08 Å². The molecule has 0 saturated heterocycles. The highest BCUT2D eigenvalue weighted by atomic mass is 17.3. The summed E-state index contributed by atoms with van der Waals surface area (Å²) >= 11 is 0. The molecule has 0 bridgehead atoms. The van der Waals surface area contributed by atoms with Crippen molar-refractivity contribution in [1.82, 2.24) is 0 Å². The fourth-order valence-electron chi connectivity index (χ4n) is 0.883. The summed E-state index contributed by atoms with van der Waals surface area (Å²) in [6.07, 6.45) is 1.62. The maximum absolute atomic E-state index is 5.19. The van der Waals surface area contributed by atoms with Crippen LogP contribution in [0.4, 0.5) is 0 Å². The van der Waals surface area contributed by atoms with Gasteiger partial charge >= 0.3 is 0 Å². The molecule has 18 heavy (non-hydrogen) atoms. The third-order valence-corrected chi connectivity index (χ3v) is 1.54. The lowest BCUT2D eigenvalue weighted by Crippen LogP contribution is -2.36. The Hall–Kier alpha value is -0.660. The van der Waals surface area contributed by atoms with Crippen LogP contribution < -0.4 is 0 Å². The molecule has 0 N–H and O–H groups in total. The van der Waals surface area contributed by atoms with E-state index in [-0.39, 0.29) is 0 Å². The Morgan fingerprint density at radius 2 is 1.44 bits per heavy atom. The molecule has 106 valence electrons. The highest BCUT2D eigenvalue weighted by Crippen LogP contribution is 2.20. The van der Waals surface area contributed by atoms with E-state index in [0.717, 1.165) is 0 Å². The molecule has 1 rings (SSSR count). The lowest BCUT2D eigenvalue weighted by molar-refractivity contribution is -0.514. The van der Waals surface area contributed by atoms with Gasteiger partial charge in [0.2, 0.25) is 0 Å². The zero-order valence-corrected chi connectivity index (χ0v) is 11.8. The SMILES string of the molecule is CC(C)(C)OOC(OOC(C)(C)C)C1C=COO1. The fourth-order valence-corrected chi connectivity index (χ4v) is 0.883. The van der Waals surface area contributed by atoms with E-state index in [4.69, 9.17) is 24.4 Å². The van der Waals surface area contributed by atoms with Crippen molar-refractivity contribution in [2.75, 3.05) is 0 Å². The standard InChI is InChI=1S/C12H22O6/c1-11(2,3)17-15-10(9-7-8-13-14-9)16-18-12(4,5)6/h7-10H,1-6H3. The molecule has 1 atom stereocenters. The smallest absolute Gasteiger partial charge is 0.258 e. The third-order valence-electron chi connectivity index (χ3n) is 1.54. The summed E-state index contributed by atoms with van der Waals surface area (Å²) < 4.78 is 0. The number of rotatable bonds is 5. The van der Waals surface area contributed by atoms with E-state index in [9.17, 15) is 0 Å². The summed E-state index contributed by atoms with van der Waals surface area (Å²) in [4.78, 5) is 30.3. The first-order valence-corrected chi connectivity index (χ1v) is 5.85. The second-order valence-electron chi connectivity index (χ2n) is 5.94. The van der Waals surface area contributed by atoms with Crippen molar-refractivity contribution < 1.29 is 29.3 Å². The Labute approximate surface area is 108 Å². The van der Waals surface area contributed by atoms with Crippen molar-refractivity contribution in [2.45, 2.75) is 65.1 Å². The first-order chi connectivity index (χ1) is 8.17. The molecule has 1 aliphatic heterocycles. The quantitative estimate of drug-likeness (QED) is 0.431. The molecule has 1 aliphatic rings. The minimum absolute atomic E-state index is 0.466. The average molecular weight is 262 g/mol. The second kappa shape index (κ2) is 5.99. The molecule has 0 aromatic heterocycles. The van der Waals surface area contributed by atoms with Crippen molar-refractivity contribution in [1.29, 1.82) is 0 Å². The van der Waals surface area contributed by atoms with Gasteiger partial charge in [-0.3, -0.25) is 0 Å². The zero-order valence-electron chi connectivity index (χ0n) is 11.8. The average Bonchev–Trinajstić information content (AvgIpc) is 2.67. The summed E-state index contributed by atoms with van der Waals surface area (Å²) in [6, 6.07) is 0. The lowest BCUT2D eigenvalue weighted by atomic mass is 10.2. The summed E-state index contributed by atoms with van der Waals surface area (Å²) in [7, 11) is 0. The van der Waals surface area contributed by atoms with Gasteiger partial charge in [-0.1, -0.05) is 0 Å². The second-order valence-corrected chi connectivity index (χ2v) is 5.94. The van der Waals surface area contributed by atoms with Gasteiger partial charge in [0.1, 0.15) is 6.26 Å². The molecule has 1 heterocycles. The number of hydrogen-bond donors (Lipinski definition) is 0. The largest absolute Gasteiger partial charge is 0.345 e. The molecular weight excluding hydrogens is 240 g/mol. The maximum Gasteiger partial charge on any atom is 0.258 e. The minimum Gasteiger partial charge on any atom is -0.345 e. The molecule has 0 amide bonds. The van der Waals surface area contributed by atoms with Gasteiger partial charge in [-0.25, -0.2) is 9.78 Å². The molecule has 6 heteroatoms. The van der Waals surface area contributed by atoms with Gasteiger partial charge in [0.15, 0.2) is 6.10 Å². The Morgan fingerprint density at radius 3 is 1.78 bits per heavy atom. The molecule has 0 saturated carbocycles. The minimum atomic E-state index is -0.873. The predicted octanol–water partition coefficient (Wildman–Crippen LogP) is 2.65. The van der Waals surface area contributed by atoms with Gasteiger partial charge in [0.25, 0.3) is 6.29 Å². The molecule has 0 spiro atoms. The maximum atomic E-state index is 5.19. The zero-order chi connectivity index (χ0) is 13.8. The van der Waals surface area contributed by atoms with Crippen LogP contribution in [-0.4, -0.2) is 23.6 Å². The van der Waals surface area contributed by atoms with E-state index in [1.807, 2.05) is 41.5 Å². The predicted molar refractivity (Wildman–Crippen MR) is 62.7 cm³/mol. The number of hydrogen-bond acceptors (Lipinski definition) is 6. The van der Waals surface area contributed by atoms with Crippen molar-refractivity contribution in [3.05, 3.63) is 12.3 Å². The first kappa shape index (κ1) is 15.4. The Morgan fingerprint density at radius 1 is 0.944 bits per heavy atom. The van der Waals surface area contributed by atoms with Crippen LogP contribution in [-0.2, 0) is 29.3 Å². The van der Waals surface area contributed by atoms with Crippen LogP contribution >= 0.6 is 0 Å². The normalized spacial score (nSPS) is 20.5. The van der Waals surface area contributed by atoms with E-state index >= 15 is 0 Å². The molecule has 0 fully saturated rings. The van der Waals surface area contributed by atoms with Gasteiger partial charge in [0.05, 0.1) is 11.2 Å². The van der Waals surface area contributed by atoms with Crippen LogP contribution in [0.3, 0.4) is 0 Å². The molecule has 6 nitrogen and oxygen atoms in total. The topological polar surface area (TPSA) is 55.4 Å². The Kier molecular flexibility index (Phi) is 5.12. The fraction of sp³-hybridized carbons (Fsp3) is 0.833. The summed E-state index contributed by atoms with van der Waals surface area (Å²) in [5.74, 6) is 0. The Bertz CT molecular complexity index is 257. The molecule has 0 aliphatic carbocycles. The van der Waals surface area contributed by atoms with Crippen molar-refractivity contribution in [3.63, 3.8) is 0 Å². The van der Waals surface area contributed by atoms with Crippen LogP contribution in [0, 0.1) is 0 Å². The Balaban J connectivity index is 2.49. The summed E-state index contributed by atoms with van der Waals surface area (Å²) in [5, 5.41) is 0. The van der Waals surface area contributed by atoms with Gasteiger partial charge in [-0.15, -0.1) is 0 Å². The molecule has 0 aromatic carbocycles. The highest BCUT2D eigenvalue weighted by molar-refractivity contribution is 4.88. The molecule has 1 unspecified atom stereocenters. The monoisotopic (exact) mass is 262 g/mol. The van der Waals surface area contributed by atoms with Crippen molar-refractivity contribution >= 4 is 0 Å². The molecule has 0 aromatic rings. The van der Waals surface area contributed by atoms with E-state index in [0.29, 0.717) is 0 Å². The molecular formula is C12H22O6. The van der Waals surface area contributed by atoms with E-state index in [1.165, 1.54) is 6.26 Å². The van der Waals surface area contributed by atoms with Crippen LogP contribution in [0.5, 0.6) is 0 Å². The third kappa shape index (κ3) is 6.32. The van der Waals surface area contributed by atoms with Gasteiger partial charge < -0.3 is 4.89 Å². The van der Waals surface area contributed by atoms with Gasteiger partial charge in [-0.2, -0.15) is 14.7 Å². The van der Waals surface area contributed by atoms with E-state index in [2.05, 4.69) is 4.89 Å².